The molecule has 0 bridgehead atoms. The van der Waals surface area contributed by atoms with Crippen LogP contribution in [0.1, 0.15) is 5.56 Å². The maximum absolute atomic E-state index is 12.8. The molecular weight excluding hydrogens is 312 g/mol. The van der Waals surface area contributed by atoms with E-state index in [9.17, 15) is 13.2 Å². The van der Waals surface area contributed by atoms with E-state index in [0.29, 0.717) is 15.7 Å². The summed E-state index contributed by atoms with van der Waals surface area (Å²) < 4.78 is 38.3. The van der Waals surface area contributed by atoms with Crippen molar-refractivity contribution in [1.29, 1.82) is 0 Å². The number of halogens is 5. The van der Waals surface area contributed by atoms with E-state index in [0.717, 1.165) is 6.07 Å². The lowest BCUT2D eigenvalue weighted by Gasteiger charge is -2.14. The van der Waals surface area contributed by atoms with Crippen LogP contribution >= 0.6 is 23.2 Å². The molecule has 0 aliphatic heterocycles. The maximum Gasteiger partial charge on any atom is 0.418 e. The molecule has 0 atom stereocenters. The molecule has 3 N–H and O–H groups in total. The lowest BCUT2D eigenvalue weighted by molar-refractivity contribution is -0.136. The van der Waals surface area contributed by atoms with Gasteiger partial charge in [0.05, 0.1) is 21.3 Å². The van der Waals surface area contributed by atoms with E-state index in [1.807, 2.05) is 0 Å². The van der Waals surface area contributed by atoms with Gasteiger partial charge in [0.25, 0.3) is 0 Å². The summed E-state index contributed by atoms with van der Waals surface area (Å²) in [5, 5.41) is 3.38. The quantitative estimate of drug-likeness (QED) is 0.733. The van der Waals surface area contributed by atoms with E-state index < -0.39 is 11.7 Å². The van der Waals surface area contributed by atoms with Crippen LogP contribution in [0.5, 0.6) is 0 Å². The molecule has 2 rings (SSSR count). The molecule has 0 spiro atoms. The Morgan fingerprint density at radius 1 is 1.00 bits per heavy atom. The number of hydrogen-bond acceptors (Lipinski definition) is 2. The van der Waals surface area contributed by atoms with Crippen LogP contribution in [0.3, 0.4) is 0 Å². The van der Waals surface area contributed by atoms with Gasteiger partial charge < -0.3 is 11.1 Å². The molecule has 0 radical (unpaired) electrons. The Kier molecular flexibility index (Phi) is 4.01. The molecule has 2 nitrogen and oxygen atoms in total. The Morgan fingerprint density at radius 2 is 1.60 bits per heavy atom. The van der Waals surface area contributed by atoms with Crippen molar-refractivity contribution < 1.29 is 13.2 Å². The summed E-state index contributed by atoms with van der Waals surface area (Å²) in [5.74, 6) is 0. The fourth-order valence-electron chi connectivity index (χ4n) is 1.64. The van der Waals surface area contributed by atoms with E-state index in [1.165, 1.54) is 12.1 Å². The van der Waals surface area contributed by atoms with Gasteiger partial charge in [0.2, 0.25) is 0 Å². The average molecular weight is 321 g/mol. The summed E-state index contributed by atoms with van der Waals surface area (Å²) in [5.41, 5.74) is 4.62. The van der Waals surface area contributed by atoms with Gasteiger partial charge in [-0.15, -0.1) is 0 Å². The van der Waals surface area contributed by atoms with Gasteiger partial charge in [-0.05, 0) is 30.3 Å². The summed E-state index contributed by atoms with van der Waals surface area (Å²) in [7, 11) is 0. The van der Waals surface area contributed by atoms with Crippen LogP contribution in [0, 0.1) is 0 Å². The zero-order valence-corrected chi connectivity index (χ0v) is 11.4. The van der Waals surface area contributed by atoms with E-state index in [-0.39, 0.29) is 11.4 Å². The Hall–Kier alpha value is -1.59. The minimum Gasteiger partial charge on any atom is -0.398 e. The first-order valence-electron chi connectivity index (χ1n) is 5.47. The second kappa shape index (κ2) is 5.42. The highest BCUT2D eigenvalue weighted by Crippen LogP contribution is 2.37. The second-order valence-electron chi connectivity index (χ2n) is 4.02. The molecule has 0 aliphatic carbocycles. The molecule has 0 saturated carbocycles. The van der Waals surface area contributed by atoms with Gasteiger partial charge in [-0.3, -0.25) is 0 Å². The topological polar surface area (TPSA) is 38.0 Å². The van der Waals surface area contributed by atoms with Crippen LogP contribution in [-0.4, -0.2) is 0 Å². The van der Waals surface area contributed by atoms with Crippen molar-refractivity contribution in [3.8, 4) is 0 Å². The first kappa shape index (κ1) is 14.8. The van der Waals surface area contributed by atoms with Crippen LogP contribution < -0.4 is 11.1 Å². The van der Waals surface area contributed by atoms with Gasteiger partial charge in [-0.25, -0.2) is 0 Å². The number of benzene rings is 2. The molecule has 2 aromatic rings. The number of anilines is 3. The highest BCUT2D eigenvalue weighted by molar-refractivity contribution is 6.39. The van der Waals surface area contributed by atoms with Crippen molar-refractivity contribution in [2.24, 2.45) is 0 Å². The van der Waals surface area contributed by atoms with Gasteiger partial charge in [0.1, 0.15) is 0 Å². The Labute approximate surface area is 123 Å². The summed E-state index contributed by atoms with van der Waals surface area (Å²) in [6, 6.07) is 8.31. The molecule has 0 heterocycles. The lowest BCUT2D eigenvalue weighted by atomic mass is 10.1. The Morgan fingerprint density at radius 3 is 2.15 bits per heavy atom. The van der Waals surface area contributed by atoms with Gasteiger partial charge in [0.15, 0.2) is 0 Å². The van der Waals surface area contributed by atoms with Gasteiger partial charge in [-0.2, -0.15) is 13.2 Å². The summed E-state index contributed by atoms with van der Waals surface area (Å²) in [6.45, 7) is 0. The highest BCUT2D eigenvalue weighted by atomic mass is 35.5. The number of nitrogens with one attached hydrogen (secondary N) is 1. The first-order chi connectivity index (χ1) is 9.29. The predicted octanol–water partition coefficient (Wildman–Crippen LogP) is 5.34. The van der Waals surface area contributed by atoms with Gasteiger partial charge in [0, 0.05) is 11.4 Å². The smallest absolute Gasteiger partial charge is 0.398 e. The molecule has 0 amide bonds. The molecule has 0 fully saturated rings. The van der Waals surface area contributed by atoms with Crippen LogP contribution in [0.25, 0.3) is 0 Å². The Bertz CT molecular complexity index is 622. The third-order valence-electron chi connectivity index (χ3n) is 2.59. The maximum atomic E-state index is 12.8. The second-order valence-corrected chi connectivity index (χ2v) is 4.84. The number of para-hydroxylation sites is 1. The molecule has 2 aromatic carbocycles. The number of nitrogen functional groups attached to an aromatic ring is 1. The summed E-state index contributed by atoms with van der Waals surface area (Å²) in [4.78, 5) is 0. The molecule has 0 aromatic heterocycles. The largest absolute Gasteiger partial charge is 0.418 e. The van der Waals surface area contributed by atoms with Crippen molar-refractivity contribution in [2.75, 3.05) is 11.1 Å². The molecule has 7 heteroatoms. The molecule has 0 unspecified atom stereocenters. The van der Waals surface area contributed by atoms with Crippen LogP contribution in [0.4, 0.5) is 30.2 Å². The fourth-order valence-corrected chi connectivity index (χ4v) is 2.13. The molecule has 0 aliphatic rings. The predicted molar refractivity (Wildman–Crippen MR) is 75.6 cm³/mol. The van der Waals surface area contributed by atoms with Crippen LogP contribution in [0.15, 0.2) is 36.4 Å². The number of rotatable bonds is 2. The number of alkyl halides is 3. The van der Waals surface area contributed by atoms with Gasteiger partial charge in [-0.1, -0.05) is 29.3 Å². The van der Waals surface area contributed by atoms with Gasteiger partial charge >= 0.3 is 6.18 Å². The minimum absolute atomic E-state index is 0.196. The minimum atomic E-state index is -4.52. The third-order valence-corrected chi connectivity index (χ3v) is 3.22. The zero-order chi connectivity index (χ0) is 14.9. The zero-order valence-electron chi connectivity index (χ0n) is 9.93. The van der Waals surface area contributed by atoms with Crippen molar-refractivity contribution in [1.82, 2.24) is 0 Å². The van der Waals surface area contributed by atoms with E-state index in [2.05, 4.69) is 5.32 Å². The van der Waals surface area contributed by atoms with Crippen LogP contribution in [-0.2, 0) is 6.18 Å². The van der Waals surface area contributed by atoms with E-state index >= 15 is 0 Å². The summed E-state index contributed by atoms with van der Waals surface area (Å²) >= 11 is 11.9. The molecular formula is C13H9Cl2F3N2. The normalized spacial score (nSPS) is 11.4. The summed E-state index contributed by atoms with van der Waals surface area (Å²) in [6.07, 6.45) is -4.52. The lowest BCUT2D eigenvalue weighted by Crippen LogP contribution is -2.09. The van der Waals surface area contributed by atoms with E-state index in [1.54, 1.807) is 18.2 Å². The molecule has 0 saturated heterocycles. The highest BCUT2D eigenvalue weighted by Gasteiger charge is 2.33. The SMILES string of the molecule is Nc1ccc(Nc2c(Cl)cccc2Cl)cc1C(F)(F)F. The number of nitrogens with two attached hydrogens (primary N) is 1. The van der Waals surface area contributed by atoms with E-state index in [4.69, 9.17) is 28.9 Å². The van der Waals surface area contributed by atoms with Crippen LogP contribution in [0.2, 0.25) is 10.0 Å². The first-order valence-corrected chi connectivity index (χ1v) is 6.22. The standard InChI is InChI=1S/C13H9Cl2F3N2/c14-9-2-1-3-10(15)12(9)20-7-4-5-11(19)8(6-7)13(16,17)18/h1-6,20H,19H2. The molecule has 106 valence electrons. The molecule has 20 heavy (non-hydrogen) atoms. The average Bonchev–Trinajstić information content (AvgIpc) is 2.34. The van der Waals surface area contributed by atoms with Crippen molar-refractivity contribution in [2.45, 2.75) is 6.18 Å². The van der Waals surface area contributed by atoms with Crippen molar-refractivity contribution in [3.05, 3.63) is 52.0 Å². The third kappa shape index (κ3) is 3.11. The monoisotopic (exact) mass is 320 g/mol. The Balaban J connectivity index is 2.40. The van der Waals surface area contributed by atoms with Crippen molar-refractivity contribution in [3.63, 3.8) is 0 Å². The fraction of sp³-hybridized carbons (Fsp3) is 0.0769. The van der Waals surface area contributed by atoms with Crippen molar-refractivity contribution >= 4 is 40.3 Å². The number of hydrogen-bond donors (Lipinski definition) is 2.